The van der Waals surface area contributed by atoms with Gasteiger partial charge in [-0.3, -0.25) is 9.97 Å². The highest BCUT2D eigenvalue weighted by Crippen LogP contribution is 2.70. The minimum Gasteiger partial charge on any atom is -0.454 e. The van der Waals surface area contributed by atoms with E-state index in [0.717, 1.165) is 90.7 Å². The van der Waals surface area contributed by atoms with E-state index in [1.807, 2.05) is 59.7 Å². The minimum atomic E-state index is -0.813. The number of hydrogen-bond acceptors (Lipinski definition) is 17. The smallest absolute Gasteiger partial charge is 0.225 e. The molecule has 7 aromatic rings. The van der Waals surface area contributed by atoms with E-state index in [9.17, 15) is 10.2 Å². The molecule has 0 amide bonds. The largest absolute Gasteiger partial charge is 0.454 e. The number of fused-ring (bicyclic) bond motifs is 3. The summed E-state index contributed by atoms with van der Waals surface area (Å²) in [5.41, 5.74) is 6.94. The molecule has 73 heavy (non-hydrogen) atoms. The van der Waals surface area contributed by atoms with E-state index in [-0.39, 0.29) is 24.0 Å². The van der Waals surface area contributed by atoms with Crippen LogP contribution in [0.1, 0.15) is 106 Å². The van der Waals surface area contributed by atoms with Crippen LogP contribution in [0.4, 0.5) is 23.5 Å². The number of benzene rings is 1. The Balaban J connectivity index is 0.817. The van der Waals surface area contributed by atoms with Gasteiger partial charge in [0.15, 0.2) is 11.4 Å². The highest BCUT2D eigenvalue weighted by atomic mass is 32.1. The van der Waals surface area contributed by atoms with Crippen LogP contribution in [0, 0.1) is 50.9 Å². The van der Waals surface area contributed by atoms with Gasteiger partial charge in [-0.05, 0) is 141 Å². The van der Waals surface area contributed by atoms with Crippen LogP contribution in [-0.2, 0) is 22.4 Å². The second-order valence-corrected chi connectivity index (χ2v) is 23.7. The minimum absolute atomic E-state index is 0.0210. The number of nitrogens with zero attached hydrogens (tertiary/aromatic N) is 7. The van der Waals surface area contributed by atoms with Crippen molar-refractivity contribution in [1.29, 1.82) is 0 Å². The predicted octanol–water partition coefficient (Wildman–Crippen LogP) is 9.83. The summed E-state index contributed by atoms with van der Waals surface area (Å²) < 4.78 is 20.5. The Kier molecular flexibility index (Phi) is 11.0. The molecule has 0 bridgehead atoms. The molecule has 1 aliphatic heterocycles. The number of ether oxygens (including phenoxy) is 2. The van der Waals surface area contributed by atoms with Crippen molar-refractivity contribution in [2.45, 2.75) is 154 Å². The molecule has 6 N–H and O–H groups in total. The molecule has 6 fully saturated rings. The van der Waals surface area contributed by atoms with Crippen LogP contribution in [0.3, 0.4) is 0 Å². The average Bonchev–Trinajstić information content (AvgIpc) is 3.73. The molecule has 13 rings (SSSR count). The SMILES string of the molecule is Cc1cc2cc(-c3c(C)nc(NCC4CCCCC4)nc3NC3(C)CCC4C(O)C43Cc3ccc4sc(-c5c(C)nc(NCc6ccccn6)nc5NC5CC6C(O)C67OC(C)(C)OC57)nc4c3)oc2c(C)n1. The zero-order valence-corrected chi connectivity index (χ0v) is 43.5. The zero-order chi connectivity index (χ0) is 50.2. The van der Waals surface area contributed by atoms with Gasteiger partial charge in [-0.1, -0.05) is 31.4 Å². The quantitative estimate of drug-likeness (QED) is 0.0599. The molecule has 17 heteroatoms. The van der Waals surface area contributed by atoms with Gasteiger partial charge in [-0.2, -0.15) is 9.97 Å². The van der Waals surface area contributed by atoms with Crippen molar-refractivity contribution >= 4 is 56.1 Å². The first-order valence-electron chi connectivity index (χ1n) is 26.3. The number of rotatable bonds is 14. The molecule has 0 radical (unpaired) electrons. The fraction of sp³-hybridized carbons (Fsp3) is 0.518. The second-order valence-electron chi connectivity index (χ2n) is 22.7. The lowest BCUT2D eigenvalue weighted by Crippen LogP contribution is -2.46. The lowest BCUT2D eigenvalue weighted by atomic mass is 9.78. The van der Waals surface area contributed by atoms with E-state index in [1.54, 1.807) is 17.5 Å². The van der Waals surface area contributed by atoms with E-state index >= 15 is 0 Å². The van der Waals surface area contributed by atoms with Crippen LogP contribution < -0.4 is 21.3 Å². The molecule has 380 valence electrons. The van der Waals surface area contributed by atoms with E-state index in [4.69, 9.17) is 43.8 Å². The molecule has 9 atom stereocenters. The number of furan rings is 1. The maximum Gasteiger partial charge on any atom is 0.225 e. The number of aliphatic hydroxyl groups is 2. The molecule has 7 heterocycles. The molecule has 6 aromatic heterocycles. The number of pyridine rings is 2. The van der Waals surface area contributed by atoms with Gasteiger partial charge < -0.3 is 45.4 Å². The predicted molar refractivity (Wildman–Crippen MR) is 282 cm³/mol. The Bertz CT molecular complexity index is 3310. The van der Waals surface area contributed by atoms with Crippen molar-refractivity contribution < 1.29 is 24.1 Å². The van der Waals surface area contributed by atoms with Crippen LogP contribution in [0.5, 0.6) is 0 Å². The van der Waals surface area contributed by atoms with Crippen LogP contribution >= 0.6 is 11.3 Å². The molecular formula is C56H65N11O5S. The van der Waals surface area contributed by atoms with E-state index < -0.39 is 34.6 Å². The lowest BCUT2D eigenvalue weighted by molar-refractivity contribution is -0.157. The van der Waals surface area contributed by atoms with Gasteiger partial charge in [-0.15, -0.1) is 11.3 Å². The van der Waals surface area contributed by atoms with Gasteiger partial charge >= 0.3 is 0 Å². The van der Waals surface area contributed by atoms with Crippen molar-refractivity contribution in [1.82, 2.24) is 34.9 Å². The van der Waals surface area contributed by atoms with Crippen LogP contribution in [0.2, 0.25) is 0 Å². The van der Waals surface area contributed by atoms with Crippen molar-refractivity contribution in [3.8, 4) is 21.9 Å². The van der Waals surface area contributed by atoms with E-state index in [0.29, 0.717) is 54.6 Å². The first-order chi connectivity index (χ1) is 35.1. The van der Waals surface area contributed by atoms with Gasteiger partial charge in [0.05, 0.1) is 68.9 Å². The molecular weight excluding hydrogens is 939 g/mol. The van der Waals surface area contributed by atoms with Crippen molar-refractivity contribution in [3.63, 3.8) is 0 Å². The van der Waals surface area contributed by atoms with Crippen LogP contribution in [0.25, 0.3) is 43.1 Å². The Hall–Kier alpha value is -5.85. The van der Waals surface area contributed by atoms with Crippen LogP contribution in [0.15, 0.2) is 59.1 Å². The maximum absolute atomic E-state index is 12.1. The Morgan fingerprint density at radius 3 is 2.37 bits per heavy atom. The summed E-state index contributed by atoms with van der Waals surface area (Å²) in [4.78, 5) is 34.9. The first-order valence-corrected chi connectivity index (χ1v) is 27.1. The normalized spacial score (nSPS) is 29.8. The van der Waals surface area contributed by atoms with Crippen molar-refractivity contribution in [2.24, 2.45) is 23.2 Å². The number of nitrogens with one attached hydrogen (secondary N) is 4. The molecule has 9 unspecified atom stereocenters. The topological polar surface area (TPSA) is 210 Å². The third-order valence-corrected chi connectivity index (χ3v) is 18.5. The molecule has 1 saturated heterocycles. The van der Waals surface area contributed by atoms with E-state index in [1.165, 1.54) is 32.1 Å². The Morgan fingerprint density at radius 2 is 1.58 bits per heavy atom. The van der Waals surface area contributed by atoms with Crippen molar-refractivity contribution in [3.05, 3.63) is 88.8 Å². The van der Waals surface area contributed by atoms with Gasteiger partial charge in [0, 0.05) is 40.7 Å². The third-order valence-electron chi connectivity index (χ3n) is 17.4. The lowest BCUT2D eigenvalue weighted by Gasteiger charge is -2.38. The monoisotopic (exact) mass is 1000 g/mol. The highest BCUT2D eigenvalue weighted by molar-refractivity contribution is 7.21. The molecule has 5 aliphatic carbocycles. The summed E-state index contributed by atoms with van der Waals surface area (Å²) in [6.45, 7) is 15.4. The zero-order valence-electron chi connectivity index (χ0n) is 42.7. The highest BCUT2D eigenvalue weighted by Gasteiger charge is 2.81. The Labute approximate surface area is 429 Å². The molecule has 1 spiro atoms. The number of hydrogen-bond donors (Lipinski definition) is 6. The van der Waals surface area contributed by atoms with Crippen molar-refractivity contribution in [2.75, 3.05) is 27.8 Å². The fourth-order valence-corrected chi connectivity index (χ4v) is 14.9. The summed E-state index contributed by atoms with van der Waals surface area (Å²) >= 11 is 1.61. The number of aromatic nitrogens is 7. The number of anilines is 4. The standard InChI is InChI=1S/C56H65N11O5S/c1-28-21-34-23-40(70-44(34)31(4)60-28)42-29(2)61-51(58-26-32-13-9-8-10-14-32)66-49(42)67-54(7)19-18-36-45(68)55(36,54)25-33-16-17-41-38(22-33)64-50(73-41)43-30(3)62-52(59-27-35-15-11-12-20-57-35)65-48(43)63-39-24-37-46(69)56(37)47(39)71-53(5,6)72-56/h11-12,15-17,20-23,32,36-37,39,45-47,68-69H,8-10,13-14,18-19,24-27H2,1-7H3,(H2,58,61,66,67)(H2,59,62,63,65). The number of aryl methyl sites for hydroxylation is 4. The molecule has 6 aliphatic rings. The van der Waals surface area contributed by atoms with E-state index in [2.05, 4.69) is 63.5 Å². The average molecular weight is 1000 g/mol. The van der Waals surface area contributed by atoms with Gasteiger partial charge in [0.2, 0.25) is 11.9 Å². The van der Waals surface area contributed by atoms with Crippen LogP contribution in [-0.4, -0.2) is 92.9 Å². The summed E-state index contributed by atoms with van der Waals surface area (Å²) in [5.74, 6) is 3.02. The first kappa shape index (κ1) is 46.9. The van der Waals surface area contributed by atoms with Gasteiger partial charge in [-0.25, -0.2) is 15.0 Å². The summed E-state index contributed by atoms with van der Waals surface area (Å²) in [7, 11) is 0. The summed E-state index contributed by atoms with van der Waals surface area (Å²) in [5, 5.41) is 39.6. The summed E-state index contributed by atoms with van der Waals surface area (Å²) in [6.07, 6.45) is 9.77. The second kappa shape index (κ2) is 17.1. The fourth-order valence-electron chi connectivity index (χ4n) is 13.8. The third kappa shape index (κ3) is 7.77. The van der Waals surface area contributed by atoms with Gasteiger partial charge in [0.1, 0.15) is 34.1 Å². The molecule has 16 nitrogen and oxygen atoms in total. The molecule has 1 aromatic carbocycles. The number of aliphatic hydroxyl groups excluding tert-OH is 2. The number of thiazole rings is 1. The molecule has 5 saturated carbocycles. The summed E-state index contributed by atoms with van der Waals surface area (Å²) in [6, 6.07) is 16.4. The maximum atomic E-state index is 12.1. The Morgan fingerprint density at radius 1 is 0.781 bits per heavy atom. The van der Waals surface area contributed by atoms with Gasteiger partial charge in [0.25, 0.3) is 0 Å².